The predicted molar refractivity (Wildman–Crippen MR) is 141 cm³/mol. The highest BCUT2D eigenvalue weighted by Gasteiger charge is 2.29. The molecule has 0 bridgehead atoms. The summed E-state index contributed by atoms with van der Waals surface area (Å²) in [6, 6.07) is 0. The zero-order valence-corrected chi connectivity index (χ0v) is 23.3. The lowest BCUT2D eigenvalue weighted by Crippen LogP contribution is -2.55. The van der Waals surface area contributed by atoms with Crippen molar-refractivity contribution in [1.29, 1.82) is 0 Å². The van der Waals surface area contributed by atoms with Gasteiger partial charge in [-0.3, -0.25) is 19.5 Å². The van der Waals surface area contributed by atoms with Crippen molar-refractivity contribution in [3.8, 4) is 0 Å². The standard InChI is InChI=1S/C23H44N6O2.HI/c1-7-24-21(31)23(5,6)17-26-22(25-8-2)28-11-9-27(10-12-28)16-20(30)29-14-18(3)13-19(4)15-29;/h18-19H,7-17H2,1-6H3,(H,24,31)(H,25,26);1H. The number of likely N-dealkylation sites (tertiary alicyclic amines) is 1. The van der Waals surface area contributed by atoms with E-state index >= 15 is 0 Å². The second kappa shape index (κ2) is 13.6. The van der Waals surface area contributed by atoms with Gasteiger partial charge in [-0.2, -0.15) is 0 Å². The normalized spacial score (nSPS) is 22.9. The molecule has 2 aliphatic rings. The fraction of sp³-hybridized carbons (Fsp3) is 0.870. The van der Waals surface area contributed by atoms with E-state index in [2.05, 4.69) is 46.1 Å². The number of piperazine rings is 1. The van der Waals surface area contributed by atoms with E-state index in [-0.39, 0.29) is 35.8 Å². The van der Waals surface area contributed by atoms with Crippen LogP contribution in [0.15, 0.2) is 4.99 Å². The lowest BCUT2D eigenvalue weighted by molar-refractivity contribution is -0.135. The van der Waals surface area contributed by atoms with Crippen molar-refractivity contribution in [2.45, 2.75) is 48.0 Å². The lowest BCUT2D eigenvalue weighted by atomic mass is 9.92. The number of aliphatic imine (C=N–C) groups is 1. The van der Waals surface area contributed by atoms with Gasteiger partial charge in [0.2, 0.25) is 11.8 Å². The van der Waals surface area contributed by atoms with Crippen LogP contribution in [0.2, 0.25) is 0 Å². The van der Waals surface area contributed by atoms with Crippen molar-refractivity contribution < 1.29 is 9.59 Å². The number of nitrogens with zero attached hydrogens (tertiary/aromatic N) is 4. The summed E-state index contributed by atoms with van der Waals surface area (Å²) in [5.41, 5.74) is -0.548. The van der Waals surface area contributed by atoms with Gasteiger partial charge in [-0.05, 0) is 46.0 Å². The Hall–Kier alpha value is -1.10. The fourth-order valence-corrected chi connectivity index (χ4v) is 4.45. The number of rotatable bonds is 7. The third-order valence-electron chi connectivity index (χ3n) is 6.16. The van der Waals surface area contributed by atoms with Gasteiger partial charge in [0.05, 0.1) is 18.5 Å². The molecule has 0 aliphatic carbocycles. The molecule has 2 fully saturated rings. The monoisotopic (exact) mass is 564 g/mol. The first-order chi connectivity index (χ1) is 14.7. The number of carbonyl (C=O) groups excluding carboxylic acids is 2. The Morgan fingerprint density at radius 1 is 0.938 bits per heavy atom. The van der Waals surface area contributed by atoms with Crippen LogP contribution in [0.5, 0.6) is 0 Å². The molecule has 2 amide bonds. The van der Waals surface area contributed by atoms with Gasteiger partial charge in [-0.15, -0.1) is 24.0 Å². The van der Waals surface area contributed by atoms with Crippen LogP contribution in [-0.4, -0.2) is 97.9 Å². The zero-order valence-electron chi connectivity index (χ0n) is 20.9. The van der Waals surface area contributed by atoms with E-state index in [0.717, 1.165) is 51.8 Å². The fourth-order valence-electron chi connectivity index (χ4n) is 4.45. The van der Waals surface area contributed by atoms with E-state index in [0.29, 0.717) is 31.5 Å². The molecule has 0 spiro atoms. The molecule has 186 valence electrons. The third-order valence-corrected chi connectivity index (χ3v) is 6.16. The summed E-state index contributed by atoms with van der Waals surface area (Å²) in [6.07, 6.45) is 1.21. The molecule has 2 rings (SSSR count). The Bertz CT molecular complexity index is 624. The molecule has 2 N–H and O–H groups in total. The van der Waals surface area contributed by atoms with Crippen molar-refractivity contribution in [2.24, 2.45) is 22.2 Å². The van der Waals surface area contributed by atoms with Crippen molar-refractivity contribution in [2.75, 3.05) is 65.4 Å². The minimum atomic E-state index is -0.548. The maximum atomic E-state index is 12.8. The zero-order chi connectivity index (χ0) is 23.0. The van der Waals surface area contributed by atoms with Crippen LogP contribution >= 0.6 is 24.0 Å². The molecule has 0 radical (unpaired) electrons. The summed E-state index contributed by atoms with van der Waals surface area (Å²) in [7, 11) is 0. The quantitative estimate of drug-likeness (QED) is 0.281. The minimum Gasteiger partial charge on any atom is -0.357 e. The SMILES string of the molecule is CCNC(=O)C(C)(C)CN=C(NCC)N1CCN(CC(=O)N2CC(C)CC(C)C2)CC1.I. The molecule has 2 heterocycles. The number of piperidine rings is 1. The van der Waals surface area contributed by atoms with Crippen LogP contribution in [-0.2, 0) is 9.59 Å². The van der Waals surface area contributed by atoms with Gasteiger partial charge in [-0.1, -0.05) is 13.8 Å². The number of hydrogen-bond donors (Lipinski definition) is 2. The van der Waals surface area contributed by atoms with Crippen molar-refractivity contribution >= 4 is 41.8 Å². The van der Waals surface area contributed by atoms with E-state index in [4.69, 9.17) is 4.99 Å². The highest BCUT2D eigenvalue weighted by Crippen LogP contribution is 2.21. The molecular formula is C23H45IN6O2. The van der Waals surface area contributed by atoms with Crippen molar-refractivity contribution in [3.63, 3.8) is 0 Å². The number of guanidine groups is 1. The van der Waals surface area contributed by atoms with Crippen LogP contribution in [0.4, 0.5) is 0 Å². The second-order valence-electron chi connectivity index (χ2n) is 9.92. The van der Waals surface area contributed by atoms with Crippen LogP contribution in [0.25, 0.3) is 0 Å². The molecule has 0 aromatic heterocycles. The summed E-state index contributed by atoms with van der Waals surface area (Å²) in [5, 5.41) is 6.26. The molecule has 0 aromatic rings. The van der Waals surface area contributed by atoms with Gasteiger partial charge in [0.15, 0.2) is 5.96 Å². The van der Waals surface area contributed by atoms with E-state index in [1.54, 1.807) is 0 Å². The molecule has 9 heteroatoms. The Morgan fingerprint density at radius 2 is 1.50 bits per heavy atom. The number of amides is 2. The van der Waals surface area contributed by atoms with Gasteiger partial charge >= 0.3 is 0 Å². The van der Waals surface area contributed by atoms with Gasteiger partial charge in [0.1, 0.15) is 0 Å². The smallest absolute Gasteiger partial charge is 0.236 e. The summed E-state index contributed by atoms with van der Waals surface area (Å²) in [4.78, 5) is 36.4. The molecule has 8 nitrogen and oxygen atoms in total. The Labute approximate surface area is 211 Å². The van der Waals surface area contributed by atoms with Gasteiger partial charge in [0.25, 0.3) is 0 Å². The Kier molecular flexibility index (Phi) is 12.3. The van der Waals surface area contributed by atoms with Crippen molar-refractivity contribution in [3.05, 3.63) is 0 Å². The first-order valence-electron chi connectivity index (χ1n) is 12.0. The first-order valence-corrected chi connectivity index (χ1v) is 12.0. The Balaban J connectivity index is 0.00000512. The summed E-state index contributed by atoms with van der Waals surface area (Å²) in [6.45, 7) is 19.8. The molecule has 0 aromatic carbocycles. The minimum absolute atomic E-state index is 0. The number of hydrogen-bond acceptors (Lipinski definition) is 4. The van der Waals surface area contributed by atoms with Crippen LogP contribution in [0.3, 0.4) is 0 Å². The average molecular weight is 565 g/mol. The maximum absolute atomic E-state index is 12.8. The summed E-state index contributed by atoms with van der Waals surface area (Å²) >= 11 is 0. The van der Waals surface area contributed by atoms with Crippen molar-refractivity contribution in [1.82, 2.24) is 25.3 Å². The Morgan fingerprint density at radius 3 is 2.03 bits per heavy atom. The summed E-state index contributed by atoms with van der Waals surface area (Å²) < 4.78 is 0. The molecule has 2 saturated heterocycles. The highest BCUT2D eigenvalue weighted by molar-refractivity contribution is 14.0. The van der Waals surface area contributed by atoms with Crippen LogP contribution in [0, 0.1) is 17.3 Å². The van der Waals surface area contributed by atoms with Gasteiger partial charge < -0.3 is 20.4 Å². The first kappa shape index (κ1) is 28.9. The number of halogens is 1. The number of nitrogens with one attached hydrogen (secondary N) is 2. The largest absolute Gasteiger partial charge is 0.357 e. The topological polar surface area (TPSA) is 80.3 Å². The van der Waals surface area contributed by atoms with E-state index < -0.39 is 5.41 Å². The maximum Gasteiger partial charge on any atom is 0.236 e. The predicted octanol–water partition coefficient (Wildman–Crippen LogP) is 1.85. The third kappa shape index (κ3) is 8.68. The number of carbonyl (C=O) groups is 2. The van der Waals surface area contributed by atoms with Crippen LogP contribution in [0.1, 0.15) is 48.0 Å². The molecule has 32 heavy (non-hydrogen) atoms. The molecule has 2 aliphatic heterocycles. The van der Waals surface area contributed by atoms with E-state index in [1.807, 2.05) is 20.8 Å². The molecular weight excluding hydrogens is 519 g/mol. The van der Waals surface area contributed by atoms with Gasteiger partial charge in [0, 0.05) is 52.4 Å². The lowest BCUT2D eigenvalue weighted by Gasteiger charge is -2.39. The molecule has 2 unspecified atom stereocenters. The molecule has 0 saturated carbocycles. The van der Waals surface area contributed by atoms with Crippen LogP contribution < -0.4 is 10.6 Å². The highest BCUT2D eigenvalue weighted by atomic mass is 127. The molecule has 2 atom stereocenters. The summed E-state index contributed by atoms with van der Waals surface area (Å²) in [5.74, 6) is 2.32. The average Bonchev–Trinajstić information content (AvgIpc) is 2.71. The van der Waals surface area contributed by atoms with E-state index in [1.165, 1.54) is 6.42 Å². The second-order valence-corrected chi connectivity index (χ2v) is 9.92. The van der Waals surface area contributed by atoms with Gasteiger partial charge in [-0.25, -0.2) is 0 Å². The van der Waals surface area contributed by atoms with E-state index in [9.17, 15) is 9.59 Å².